The Morgan fingerprint density at radius 2 is 0.674 bits per heavy atom. The van der Waals surface area contributed by atoms with E-state index >= 15 is 0 Å². The van der Waals surface area contributed by atoms with Crippen molar-refractivity contribution in [3.05, 3.63) is 176 Å². The normalized spacial score (nSPS) is 11.5. The molecule has 8 aromatic carbocycles. The van der Waals surface area contributed by atoms with Gasteiger partial charge in [-0.3, -0.25) is 0 Å². The molecule has 0 radical (unpaired) electrons. The number of rotatable bonds is 5. The summed E-state index contributed by atoms with van der Waals surface area (Å²) in [4.78, 5) is 0. The van der Waals surface area contributed by atoms with Crippen molar-refractivity contribution in [1.29, 1.82) is 0 Å². The summed E-state index contributed by atoms with van der Waals surface area (Å²) in [5.41, 5.74) is 10.7. The molecule has 0 bridgehead atoms. The van der Waals surface area contributed by atoms with E-state index in [9.17, 15) is 0 Å². The third-order valence-electron chi connectivity index (χ3n) is 9.16. The maximum Gasteiger partial charge on any atom is 0.0541 e. The largest absolute Gasteiger partial charge is 0.356 e. The predicted molar refractivity (Wildman–Crippen MR) is 196 cm³/mol. The molecule has 0 atom stereocenters. The zero-order valence-electron chi connectivity index (χ0n) is 25.2. The number of hydrogen-bond donors (Lipinski definition) is 1. The molecular formula is C44H30N2. The highest BCUT2D eigenvalue weighted by molar-refractivity contribution is 6.21. The minimum absolute atomic E-state index is 1.06. The Hall–Kier alpha value is -6.12. The molecule has 0 aliphatic rings. The van der Waals surface area contributed by atoms with Crippen LogP contribution in [-0.2, 0) is 0 Å². The Morgan fingerprint density at radius 1 is 0.304 bits per heavy atom. The molecule has 9 rings (SSSR count). The van der Waals surface area contributed by atoms with Crippen LogP contribution in [0.5, 0.6) is 0 Å². The highest BCUT2D eigenvalue weighted by atomic mass is 15.0. The van der Waals surface area contributed by atoms with Crippen LogP contribution in [0.3, 0.4) is 0 Å². The molecule has 0 spiro atoms. The van der Waals surface area contributed by atoms with E-state index in [-0.39, 0.29) is 0 Å². The number of para-hydroxylation sites is 2. The Kier molecular flexibility index (Phi) is 6.17. The van der Waals surface area contributed by atoms with E-state index in [2.05, 4.69) is 186 Å². The molecule has 0 aliphatic heterocycles. The number of fused-ring (bicyclic) bond motifs is 5. The van der Waals surface area contributed by atoms with Crippen molar-refractivity contribution in [2.24, 2.45) is 0 Å². The zero-order valence-corrected chi connectivity index (χ0v) is 25.2. The van der Waals surface area contributed by atoms with Crippen molar-refractivity contribution < 1.29 is 0 Å². The van der Waals surface area contributed by atoms with Gasteiger partial charge in [0.2, 0.25) is 0 Å². The topological polar surface area (TPSA) is 17.0 Å². The number of nitrogens with one attached hydrogen (secondary N) is 1. The third kappa shape index (κ3) is 4.27. The minimum Gasteiger partial charge on any atom is -0.356 e. The Bertz CT molecular complexity index is 2410. The van der Waals surface area contributed by atoms with Gasteiger partial charge in [-0.1, -0.05) is 127 Å². The zero-order chi connectivity index (χ0) is 30.5. The van der Waals surface area contributed by atoms with E-state index in [0.717, 1.165) is 17.1 Å². The van der Waals surface area contributed by atoms with Crippen molar-refractivity contribution in [3.8, 4) is 27.9 Å². The van der Waals surface area contributed by atoms with Crippen LogP contribution in [-0.4, -0.2) is 4.57 Å². The van der Waals surface area contributed by atoms with Gasteiger partial charge in [-0.05, 0) is 92.3 Å². The van der Waals surface area contributed by atoms with Crippen molar-refractivity contribution in [2.75, 3.05) is 5.32 Å². The number of hydrogen-bond acceptors (Lipinski definition) is 1. The molecular weight excluding hydrogens is 556 g/mol. The fourth-order valence-corrected chi connectivity index (χ4v) is 7.14. The second-order valence-electron chi connectivity index (χ2n) is 11.8. The van der Waals surface area contributed by atoms with E-state index in [1.54, 1.807) is 0 Å². The lowest BCUT2D eigenvalue weighted by Gasteiger charge is -2.18. The SMILES string of the molecule is c1ccc(-c2c3ccccc3c(-c3ccc(Nc4ccc(-n5c6ccccc6c6ccccc65)cc4)cc3)c3ccccc23)cc1. The maximum absolute atomic E-state index is 3.63. The summed E-state index contributed by atoms with van der Waals surface area (Å²) in [6, 6.07) is 63.2. The second-order valence-corrected chi connectivity index (χ2v) is 11.8. The van der Waals surface area contributed by atoms with Gasteiger partial charge in [0.05, 0.1) is 11.0 Å². The Morgan fingerprint density at radius 3 is 1.15 bits per heavy atom. The first-order chi connectivity index (χ1) is 22.8. The van der Waals surface area contributed by atoms with E-state index in [4.69, 9.17) is 0 Å². The van der Waals surface area contributed by atoms with Gasteiger partial charge in [0.25, 0.3) is 0 Å². The number of benzene rings is 8. The van der Waals surface area contributed by atoms with Crippen LogP contribution < -0.4 is 5.32 Å². The quantitative estimate of drug-likeness (QED) is 0.199. The van der Waals surface area contributed by atoms with Crippen LogP contribution in [0.1, 0.15) is 0 Å². The predicted octanol–water partition coefficient (Wildman–Crippen LogP) is 12.2. The lowest BCUT2D eigenvalue weighted by molar-refractivity contribution is 1.18. The van der Waals surface area contributed by atoms with Crippen LogP contribution in [0.4, 0.5) is 11.4 Å². The summed E-state index contributed by atoms with van der Waals surface area (Å²) >= 11 is 0. The average molecular weight is 587 g/mol. The summed E-state index contributed by atoms with van der Waals surface area (Å²) < 4.78 is 2.35. The van der Waals surface area contributed by atoms with Gasteiger partial charge in [-0.15, -0.1) is 0 Å². The van der Waals surface area contributed by atoms with Crippen LogP contribution in [0.15, 0.2) is 176 Å². The van der Waals surface area contributed by atoms with Gasteiger partial charge in [0.15, 0.2) is 0 Å². The van der Waals surface area contributed by atoms with Crippen molar-refractivity contribution in [3.63, 3.8) is 0 Å². The molecule has 9 aromatic rings. The molecule has 0 saturated heterocycles. The molecule has 216 valence electrons. The van der Waals surface area contributed by atoms with E-state index in [1.807, 2.05) is 0 Å². The molecule has 0 aliphatic carbocycles. The lowest BCUT2D eigenvalue weighted by Crippen LogP contribution is -1.95. The molecule has 0 amide bonds. The molecule has 2 nitrogen and oxygen atoms in total. The second kappa shape index (κ2) is 10.8. The minimum atomic E-state index is 1.06. The summed E-state index contributed by atoms with van der Waals surface area (Å²) in [5.74, 6) is 0. The van der Waals surface area contributed by atoms with Gasteiger partial charge in [0.1, 0.15) is 0 Å². The van der Waals surface area contributed by atoms with Crippen LogP contribution in [0.25, 0.3) is 71.3 Å². The number of anilines is 2. The van der Waals surface area contributed by atoms with Gasteiger partial charge in [-0.2, -0.15) is 0 Å². The number of aromatic nitrogens is 1. The Labute approximate surface area is 267 Å². The van der Waals surface area contributed by atoms with Crippen molar-refractivity contribution in [1.82, 2.24) is 4.57 Å². The maximum atomic E-state index is 3.63. The number of nitrogens with zero attached hydrogens (tertiary/aromatic N) is 1. The van der Waals surface area contributed by atoms with Gasteiger partial charge >= 0.3 is 0 Å². The monoisotopic (exact) mass is 586 g/mol. The highest BCUT2D eigenvalue weighted by Gasteiger charge is 2.16. The van der Waals surface area contributed by atoms with Crippen molar-refractivity contribution in [2.45, 2.75) is 0 Å². The lowest BCUT2D eigenvalue weighted by atomic mass is 9.86. The molecule has 1 aromatic heterocycles. The summed E-state index contributed by atoms with van der Waals surface area (Å²) in [7, 11) is 0. The van der Waals surface area contributed by atoms with Gasteiger partial charge in [0, 0.05) is 27.8 Å². The van der Waals surface area contributed by atoms with Crippen LogP contribution >= 0.6 is 0 Å². The molecule has 2 heteroatoms. The molecule has 0 saturated carbocycles. The first-order valence-electron chi connectivity index (χ1n) is 15.8. The van der Waals surface area contributed by atoms with Crippen LogP contribution in [0, 0.1) is 0 Å². The molecule has 0 unspecified atom stereocenters. The third-order valence-corrected chi connectivity index (χ3v) is 9.16. The smallest absolute Gasteiger partial charge is 0.0541 e. The average Bonchev–Trinajstić information content (AvgIpc) is 3.46. The summed E-state index contributed by atoms with van der Waals surface area (Å²) in [6.07, 6.45) is 0. The van der Waals surface area contributed by atoms with Crippen molar-refractivity contribution >= 4 is 54.7 Å². The molecule has 1 heterocycles. The molecule has 1 N–H and O–H groups in total. The fraction of sp³-hybridized carbons (Fsp3) is 0. The van der Waals surface area contributed by atoms with E-state index in [1.165, 1.54) is 65.6 Å². The first kappa shape index (κ1) is 26.3. The van der Waals surface area contributed by atoms with Gasteiger partial charge < -0.3 is 9.88 Å². The summed E-state index contributed by atoms with van der Waals surface area (Å²) in [6.45, 7) is 0. The van der Waals surface area contributed by atoms with E-state index in [0.29, 0.717) is 0 Å². The standard InChI is InChI=1S/C44H30N2/c1-2-12-30(13-3-1)43-37-16-4-6-18-39(37)44(40-19-7-5-17-38(40)43)31-22-24-32(25-23-31)45-33-26-28-34(29-27-33)46-41-20-10-8-14-35(41)36-15-9-11-21-42(36)46/h1-29,45H. The molecule has 0 fully saturated rings. The Balaban J connectivity index is 1.07. The fourth-order valence-electron chi connectivity index (χ4n) is 7.14. The van der Waals surface area contributed by atoms with Crippen LogP contribution in [0.2, 0.25) is 0 Å². The summed E-state index contributed by atoms with van der Waals surface area (Å²) in [5, 5.41) is 11.2. The van der Waals surface area contributed by atoms with Gasteiger partial charge in [-0.25, -0.2) is 0 Å². The molecule has 46 heavy (non-hydrogen) atoms. The van der Waals surface area contributed by atoms with E-state index < -0.39 is 0 Å². The highest BCUT2D eigenvalue weighted by Crippen LogP contribution is 2.43. The first-order valence-corrected chi connectivity index (χ1v) is 15.8.